The smallest absolute Gasteiger partial charge is 0.191 e. The zero-order valence-corrected chi connectivity index (χ0v) is 18.4. The molecule has 6 nitrogen and oxygen atoms in total. The van der Waals surface area contributed by atoms with Crippen LogP contribution in [-0.4, -0.2) is 43.9 Å². The third-order valence-corrected chi connectivity index (χ3v) is 5.30. The lowest BCUT2D eigenvalue weighted by Crippen LogP contribution is -2.38. The number of aryl methyl sites for hydroxylation is 2. The second kappa shape index (κ2) is 11.6. The molecule has 0 radical (unpaired) electrons. The lowest BCUT2D eigenvalue weighted by Gasteiger charge is -2.15. The molecule has 0 amide bonds. The van der Waals surface area contributed by atoms with Crippen molar-refractivity contribution in [2.45, 2.75) is 40.2 Å². The Morgan fingerprint density at radius 3 is 2.90 bits per heavy atom. The number of guanidine groups is 1. The first kappa shape index (κ1) is 22.1. The summed E-state index contributed by atoms with van der Waals surface area (Å²) in [6, 6.07) is 8.41. The van der Waals surface area contributed by atoms with Crippen LogP contribution >= 0.6 is 0 Å². The molecule has 3 rings (SSSR count). The van der Waals surface area contributed by atoms with Crippen molar-refractivity contribution in [3.05, 3.63) is 58.9 Å². The molecule has 1 aliphatic heterocycles. The summed E-state index contributed by atoms with van der Waals surface area (Å²) in [6.45, 7) is 10.8. The van der Waals surface area contributed by atoms with Crippen molar-refractivity contribution in [2.24, 2.45) is 10.9 Å². The highest BCUT2D eigenvalue weighted by Gasteiger charge is 2.17. The molecule has 0 spiro atoms. The minimum absolute atomic E-state index is 0.484. The number of nitrogens with one attached hydrogen (secondary N) is 2. The molecule has 6 heteroatoms. The third kappa shape index (κ3) is 6.73. The van der Waals surface area contributed by atoms with Crippen LogP contribution in [0.4, 0.5) is 0 Å². The average molecular weight is 411 g/mol. The Bertz CT molecular complexity index is 832. The fourth-order valence-corrected chi connectivity index (χ4v) is 3.45. The van der Waals surface area contributed by atoms with E-state index in [1.807, 2.05) is 12.4 Å². The zero-order chi connectivity index (χ0) is 21.2. The molecule has 1 saturated heterocycles. The molecule has 0 saturated carbocycles. The van der Waals surface area contributed by atoms with Crippen molar-refractivity contribution < 1.29 is 9.47 Å². The van der Waals surface area contributed by atoms with Gasteiger partial charge in [0, 0.05) is 43.6 Å². The van der Waals surface area contributed by atoms with Crippen LogP contribution in [0.15, 0.2) is 41.7 Å². The van der Waals surface area contributed by atoms with Gasteiger partial charge in [0.2, 0.25) is 0 Å². The van der Waals surface area contributed by atoms with E-state index in [9.17, 15) is 0 Å². The summed E-state index contributed by atoms with van der Waals surface area (Å²) in [7, 11) is 0. The molecule has 2 N–H and O–H groups in total. The van der Waals surface area contributed by atoms with Gasteiger partial charge in [-0.15, -0.1) is 0 Å². The van der Waals surface area contributed by atoms with Crippen LogP contribution in [0.3, 0.4) is 0 Å². The third-order valence-electron chi connectivity index (χ3n) is 5.30. The maximum absolute atomic E-state index is 6.15. The fraction of sp³-hybridized carbons (Fsp3) is 0.500. The highest BCUT2D eigenvalue weighted by molar-refractivity contribution is 5.79. The van der Waals surface area contributed by atoms with Crippen LogP contribution in [0, 0.1) is 19.8 Å². The van der Waals surface area contributed by atoms with Gasteiger partial charge in [-0.05, 0) is 62.4 Å². The molecule has 1 aromatic heterocycles. The van der Waals surface area contributed by atoms with Crippen molar-refractivity contribution in [2.75, 3.05) is 32.9 Å². The quantitative estimate of drug-likeness (QED) is 0.490. The molecule has 2 aromatic rings. The van der Waals surface area contributed by atoms with Gasteiger partial charge in [-0.25, -0.2) is 4.99 Å². The number of pyridine rings is 1. The highest BCUT2D eigenvalue weighted by Crippen LogP contribution is 2.23. The van der Waals surface area contributed by atoms with E-state index in [-0.39, 0.29) is 0 Å². The average Bonchev–Trinajstić information content (AvgIpc) is 3.26. The molecular formula is C24H34N4O2. The minimum Gasteiger partial charge on any atom is -0.493 e. The van der Waals surface area contributed by atoms with Crippen LogP contribution < -0.4 is 15.4 Å². The van der Waals surface area contributed by atoms with Crippen LogP contribution in [0.1, 0.15) is 35.6 Å². The van der Waals surface area contributed by atoms with Crippen LogP contribution in [0.5, 0.6) is 5.75 Å². The van der Waals surface area contributed by atoms with E-state index in [0.29, 0.717) is 19.1 Å². The molecule has 2 heterocycles. The molecule has 30 heavy (non-hydrogen) atoms. The summed E-state index contributed by atoms with van der Waals surface area (Å²) >= 11 is 0. The van der Waals surface area contributed by atoms with E-state index in [1.54, 1.807) is 0 Å². The van der Waals surface area contributed by atoms with E-state index in [2.05, 4.69) is 60.7 Å². The standard InChI is InChI=1S/C24H34N4O2/c1-4-26-24(27-11-8-21-7-10-25-14-19(21)3)28-15-22-6-5-18(2)13-23(22)30-17-20-9-12-29-16-20/h5-7,10,13-14,20H,4,8-9,11-12,15-17H2,1-3H3,(H2,26,27,28). The monoisotopic (exact) mass is 410 g/mol. The maximum Gasteiger partial charge on any atom is 0.191 e. The Morgan fingerprint density at radius 1 is 1.23 bits per heavy atom. The Morgan fingerprint density at radius 2 is 2.13 bits per heavy atom. The van der Waals surface area contributed by atoms with E-state index < -0.39 is 0 Å². The number of benzene rings is 1. The fourth-order valence-electron chi connectivity index (χ4n) is 3.45. The first-order valence-electron chi connectivity index (χ1n) is 10.9. The SMILES string of the molecule is CCNC(=NCc1ccc(C)cc1OCC1CCOC1)NCCc1ccncc1C. The maximum atomic E-state index is 6.15. The summed E-state index contributed by atoms with van der Waals surface area (Å²) in [5.41, 5.74) is 4.81. The molecule has 1 aliphatic rings. The summed E-state index contributed by atoms with van der Waals surface area (Å²) < 4.78 is 11.6. The lowest BCUT2D eigenvalue weighted by molar-refractivity contribution is 0.166. The van der Waals surface area contributed by atoms with E-state index in [1.165, 1.54) is 16.7 Å². The normalized spacial score (nSPS) is 16.5. The summed E-state index contributed by atoms with van der Waals surface area (Å²) in [4.78, 5) is 8.94. The van der Waals surface area contributed by atoms with Crippen molar-refractivity contribution in [3.63, 3.8) is 0 Å². The lowest BCUT2D eigenvalue weighted by atomic mass is 10.1. The number of aromatic nitrogens is 1. The summed E-state index contributed by atoms with van der Waals surface area (Å²) in [5, 5.41) is 6.77. The van der Waals surface area contributed by atoms with Gasteiger partial charge >= 0.3 is 0 Å². The second-order valence-electron chi connectivity index (χ2n) is 7.83. The van der Waals surface area contributed by atoms with Crippen molar-refractivity contribution in [3.8, 4) is 5.75 Å². The van der Waals surface area contributed by atoms with Gasteiger partial charge in [-0.2, -0.15) is 0 Å². The van der Waals surface area contributed by atoms with E-state index >= 15 is 0 Å². The zero-order valence-electron chi connectivity index (χ0n) is 18.4. The molecule has 1 atom stereocenters. The van der Waals surface area contributed by atoms with Crippen molar-refractivity contribution in [1.82, 2.24) is 15.6 Å². The number of hydrogen-bond donors (Lipinski definition) is 2. The largest absolute Gasteiger partial charge is 0.493 e. The van der Waals surface area contributed by atoms with Gasteiger partial charge in [0.25, 0.3) is 0 Å². The molecule has 1 fully saturated rings. The first-order valence-corrected chi connectivity index (χ1v) is 10.9. The summed E-state index contributed by atoms with van der Waals surface area (Å²) in [5.74, 6) is 2.23. The number of rotatable bonds is 9. The van der Waals surface area contributed by atoms with Crippen LogP contribution in [0.2, 0.25) is 0 Å². The van der Waals surface area contributed by atoms with Gasteiger partial charge in [0.15, 0.2) is 5.96 Å². The van der Waals surface area contributed by atoms with Gasteiger partial charge in [0.1, 0.15) is 5.75 Å². The number of nitrogens with zero attached hydrogens (tertiary/aromatic N) is 2. The predicted molar refractivity (Wildman–Crippen MR) is 121 cm³/mol. The minimum atomic E-state index is 0.484. The number of aliphatic imine (C=N–C) groups is 1. The number of ether oxygens (including phenoxy) is 2. The van der Waals surface area contributed by atoms with Crippen molar-refractivity contribution >= 4 is 5.96 Å². The Hall–Kier alpha value is -2.60. The van der Waals surface area contributed by atoms with Gasteiger partial charge in [-0.3, -0.25) is 4.98 Å². The van der Waals surface area contributed by atoms with Crippen LogP contribution in [0.25, 0.3) is 0 Å². The molecule has 1 aromatic carbocycles. The Balaban J connectivity index is 1.59. The molecule has 0 bridgehead atoms. The second-order valence-corrected chi connectivity index (χ2v) is 7.83. The van der Waals surface area contributed by atoms with Crippen LogP contribution in [-0.2, 0) is 17.7 Å². The first-order chi connectivity index (χ1) is 14.7. The molecular weight excluding hydrogens is 376 g/mol. The molecule has 1 unspecified atom stereocenters. The van der Waals surface area contributed by atoms with Gasteiger partial charge in [0.05, 0.1) is 19.8 Å². The van der Waals surface area contributed by atoms with E-state index in [0.717, 1.165) is 56.4 Å². The van der Waals surface area contributed by atoms with Crippen molar-refractivity contribution in [1.29, 1.82) is 0 Å². The molecule has 0 aliphatic carbocycles. The Kier molecular flexibility index (Phi) is 8.51. The molecule has 162 valence electrons. The van der Waals surface area contributed by atoms with E-state index in [4.69, 9.17) is 14.5 Å². The number of hydrogen-bond acceptors (Lipinski definition) is 4. The highest BCUT2D eigenvalue weighted by atomic mass is 16.5. The topological polar surface area (TPSA) is 67.8 Å². The van der Waals surface area contributed by atoms with Gasteiger partial charge in [-0.1, -0.05) is 12.1 Å². The Labute approximate surface area is 180 Å². The predicted octanol–water partition coefficient (Wildman–Crippen LogP) is 3.41. The summed E-state index contributed by atoms with van der Waals surface area (Å²) in [6.07, 6.45) is 5.76. The van der Waals surface area contributed by atoms with Gasteiger partial charge < -0.3 is 20.1 Å².